The van der Waals surface area contributed by atoms with Gasteiger partial charge in [-0.2, -0.15) is 0 Å². The van der Waals surface area contributed by atoms with Crippen LogP contribution in [0.4, 0.5) is 10.8 Å². The molecule has 0 aliphatic carbocycles. The number of hydrogen-bond donors (Lipinski definition) is 2. The van der Waals surface area contributed by atoms with E-state index in [9.17, 15) is 9.59 Å². The number of benzene rings is 1. The maximum absolute atomic E-state index is 11.9. The third kappa shape index (κ3) is 4.44. The lowest BCUT2D eigenvalue weighted by Gasteiger charge is -2.01. The van der Waals surface area contributed by atoms with Crippen LogP contribution in [0, 0.1) is 0 Å². The molecule has 0 aliphatic rings. The lowest BCUT2D eigenvalue weighted by molar-refractivity contribution is -0.114. The van der Waals surface area contributed by atoms with E-state index in [0.717, 1.165) is 14.6 Å². The van der Waals surface area contributed by atoms with Crippen molar-refractivity contribution in [1.82, 2.24) is 9.97 Å². The molecular weight excluding hydrogens is 388 g/mol. The second kappa shape index (κ2) is 7.93. The van der Waals surface area contributed by atoms with Gasteiger partial charge in [-0.1, -0.05) is 11.8 Å². The second-order valence-electron chi connectivity index (χ2n) is 4.52. The highest BCUT2D eigenvalue weighted by atomic mass is 35.5. The topological polar surface area (TPSA) is 84.0 Å². The van der Waals surface area contributed by atoms with Crippen molar-refractivity contribution in [3.8, 4) is 0 Å². The van der Waals surface area contributed by atoms with Gasteiger partial charge in [-0.3, -0.25) is 9.59 Å². The molecule has 0 aliphatic heterocycles. The van der Waals surface area contributed by atoms with E-state index in [2.05, 4.69) is 20.6 Å². The van der Waals surface area contributed by atoms with Crippen LogP contribution in [-0.4, -0.2) is 33.4 Å². The first kappa shape index (κ1) is 17.2. The largest absolute Gasteiger partial charge is 0.325 e. The number of halogens is 1. The number of alkyl halides is 1. The van der Waals surface area contributed by atoms with Crippen molar-refractivity contribution < 1.29 is 9.59 Å². The molecule has 2 amide bonds. The number of nitrogens with zero attached hydrogens (tertiary/aromatic N) is 2. The molecule has 2 aromatic heterocycles. The van der Waals surface area contributed by atoms with Crippen LogP contribution in [0.1, 0.15) is 0 Å². The summed E-state index contributed by atoms with van der Waals surface area (Å²) in [7, 11) is 0. The Balaban J connectivity index is 1.62. The highest BCUT2D eigenvalue weighted by Crippen LogP contribution is 2.31. The van der Waals surface area contributed by atoms with Gasteiger partial charge < -0.3 is 10.6 Å². The number of nitrogens with one attached hydrogen (secondary N) is 2. The molecule has 0 radical (unpaired) electrons. The van der Waals surface area contributed by atoms with E-state index in [4.69, 9.17) is 11.6 Å². The zero-order valence-electron chi connectivity index (χ0n) is 12.1. The first-order chi connectivity index (χ1) is 11.6. The van der Waals surface area contributed by atoms with Gasteiger partial charge in [0.1, 0.15) is 5.88 Å². The number of hydrogen-bond acceptors (Lipinski definition) is 7. The Morgan fingerprint density at radius 1 is 1.25 bits per heavy atom. The molecule has 2 heterocycles. The van der Waals surface area contributed by atoms with Crippen LogP contribution in [0.15, 0.2) is 34.1 Å². The Hall–Kier alpha value is -1.68. The third-order valence-electron chi connectivity index (χ3n) is 2.78. The molecule has 124 valence electrons. The van der Waals surface area contributed by atoms with E-state index in [1.165, 1.54) is 34.4 Å². The van der Waals surface area contributed by atoms with E-state index in [-0.39, 0.29) is 23.4 Å². The number of thiazole rings is 2. The van der Waals surface area contributed by atoms with Crippen molar-refractivity contribution >= 4 is 78.9 Å². The molecule has 10 heteroatoms. The van der Waals surface area contributed by atoms with Gasteiger partial charge >= 0.3 is 0 Å². The van der Waals surface area contributed by atoms with E-state index in [1.807, 2.05) is 12.1 Å². The standard InChI is InChI=1S/C14H11ClN4O2S3/c15-6-11(20)17-8-1-2-9-10(5-8)24-14(18-9)23-7-12(21)19-13-16-3-4-22-13/h1-5H,6-7H2,(H,17,20)(H,16,19,21). The fourth-order valence-corrected chi connectivity index (χ4v) is 4.32. The van der Waals surface area contributed by atoms with Crippen LogP contribution < -0.4 is 10.6 Å². The highest BCUT2D eigenvalue weighted by Gasteiger charge is 2.10. The van der Waals surface area contributed by atoms with Crippen LogP contribution in [-0.2, 0) is 9.59 Å². The Bertz CT molecular complexity index is 866. The first-order valence-electron chi connectivity index (χ1n) is 6.72. The number of thioether (sulfide) groups is 1. The maximum Gasteiger partial charge on any atom is 0.239 e. The van der Waals surface area contributed by atoms with Gasteiger partial charge in [0.05, 0.1) is 16.0 Å². The first-order valence-corrected chi connectivity index (χ1v) is 9.94. The molecular formula is C14H11ClN4O2S3. The predicted octanol–water partition coefficient (Wildman–Crippen LogP) is 3.66. The fourth-order valence-electron chi connectivity index (χ4n) is 1.81. The minimum Gasteiger partial charge on any atom is -0.325 e. The second-order valence-corrected chi connectivity index (χ2v) is 7.93. The van der Waals surface area contributed by atoms with Crippen LogP contribution >= 0.6 is 46.0 Å². The number of fused-ring (bicyclic) bond motifs is 1. The molecule has 3 rings (SSSR count). The quantitative estimate of drug-likeness (QED) is 0.489. The fraction of sp³-hybridized carbons (Fsp3) is 0.143. The molecule has 0 fully saturated rings. The van der Waals surface area contributed by atoms with Crippen LogP contribution in [0.2, 0.25) is 0 Å². The molecule has 0 saturated carbocycles. The third-order valence-corrected chi connectivity index (χ3v) is 5.87. The summed E-state index contributed by atoms with van der Waals surface area (Å²) in [6, 6.07) is 5.45. The average molecular weight is 399 g/mol. The van der Waals surface area contributed by atoms with E-state index >= 15 is 0 Å². The van der Waals surface area contributed by atoms with E-state index in [1.54, 1.807) is 17.6 Å². The SMILES string of the molecule is O=C(CCl)Nc1ccc2nc(SCC(=O)Nc3nccs3)sc2c1. The van der Waals surface area contributed by atoms with Gasteiger partial charge in [0, 0.05) is 17.3 Å². The average Bonchev–Trinajstić information content (AvgIpc) is 3.21. The Labute approximate surface area is 154 Å². The van der Waals surface area contributed by atoms with Crippen LogP contribution in [0.25, 0.3) is 10.2 Å². The zero-order valence-corrected chi connectivity index (χ0v) is 15.3. The zero-order chi connectivity index (χ0) is 16.9. The van der Waals surface area contributed by atoms with Crippen molar-refractivity contribution in [3.05, 3.63) is 29.8 Å². The maximum atomic E-state index is 11.9. The lowest BCUT2D eigenvalue weighted by atomic mass is 10.3. The lowest BCUT2D eigenvalue weighted by Crippen LogP contribution is -2.13. The summed E-state index contributed by atoms with van der Waals surface area (Å²) in [5, 5.41) is 7.82. The minimum absolute atomic E-state index is 0.0873. The van der Waals surface area contributed by atoms with Gasteiger partial charge in [-0.15, -0.1) is 34.3 Å². The van der Waals surface area contributed by atoms with Gasteiger partial charge in [0.25, 0.3) is 0 Å². The molecule has 0 spiro atoms. The minimum atomic E-state index is -0.256. The van der Waals surface area contributed by atoms with Crippen LogP contribution in [0.3, 0.4) is 0 Å². The summed E-state index contributed by atoms with van der Waals surface area (Å²) in [6.45, 7) is 0. The highest BCUT2D eigenvalue weighted by molar-refractivity contribution is 8.01. The summed E-state index contributed by atoms with van der Waals surface area (Å²) in [4.78, 5) is 31.7. The van der Waals surface area contributed by atoms with Crippen molar-refractivity contribution in [2.45, 2.75) is 4.34 Å². The van der Waals surface area contributed by atoms with Gasteiger partial charge in [0.2, 0.25) is 11.8 Å². The monoisotopic (exact) mass is 398 g/mol. The van der Waals surface area contributed by atoms with Crippen molar-refractivity contribution in [2.24, 2.45) is 0 Å². The molecule has 6 nitrogen and oxygen atoms in total. The summed E-state index contributed by atoms with van der Waals surface area (Å²) in [6.07, 6.45) is 1.64. The molecule has 0 atom stereocenters. The predicted molar refractivity (Wildman–Crippen MR) is 100 cm³/mol. The van der Waals surface area contributed by atoms with Crippen LogP contribution in [0.5, 0.6) is 0 Å². The summed E-state index contributed by atoms with van der Waals surface area (Å²) < 4.78 is 1.73. The molecule has 0 bridgehead atoms. The van der Waals surface area contributed by atoms with Gasteiger partial charge in [-0.25, -0.2) is 9.97 Å². The van der Waals surface area contributed by atoms with Crippen molar-refractivity contribution in [1.29, 1.82) is 0 Å². The molecule has 24 heavy (non-hydrogen) atoms. The van der Waals surface area contributed by atoms with Crippen molar-refractivity contribution in [2.75, 3.05) is 22.3 Å². The molecule has 0 saturated heterocycles. The van der Waals surface area contributed by atoms with Crippen molar-refractivity contribution in [3.63, 3.8) is 0 Å². The smallest absolute Gasteiger partial charge is 0.239 e. The number of anilines is 2. The summed E-state index contributed by atoms with van der Waals surface area (Å²) in [5.41, 5.74) is 1.50. The molecule has 0 unspecified atom stereocenters. The Morgan fingerprint density at radius 3 is 2.88 bits per heavy atom. The summed E-state index contributed by atoms with van der Waals surface area (Å²) in [5.74, 6) is -0.205. The summed E-state index contributed by atoms with van der Waals surface area (Å²) >= 11 is 9.69. The number of amides is 2. The normalized spacial score (nSPS) is 10.7. The Morgan fingerprint density at radius 2 is 2.12 bits per heavy atom. The molecule has 1 aromatic carbocycles. The molecule has 3 aromatic rings. The number of rotatable bonds is 6. The van der Waals surface area contributed by atoms with Gasteiger partial charge in [-0.05, 0) is 18.2 Å². The van der Waals surface area contributed by atoms with E-state index in [0.29, 0.717) is 10.8 Å². The molecule has 2 N–H and O–H groups in total. The number of carbonyl (C=O) groups excluding carboxylic acids is 2. The number of carbonyl (C=O) groups is 2. The number of aromatic nitrogens is 2. The van der Waals surface area contributed by atoms with E-state index < -0.39 is 0 Å². The Kier molecular flexibility index (Phi) is 5.67. The van der Waals surface area contributed by atoms with Gasteiger partial charge in [0.15, 0.2) is 9.47 Å².